The van der Waals surface area contributed by atoms with Gasteiger partial charge in [-0.3, -0.25) is 9.78 Å². The van der Waals surface area contributed by atoms with Crippen LogP contribution in [0.4, 0.5) is 0 Å². The third-order valence-corrected chi connectivity index (χ3v) is 5.92. The number of aromatic nitrogens is 2. The molecule has 0 atom stereocenters. The van der Waals surface area contributed by atoms with Crippen LogP contribution < -0.4 is 0 Å². The minimum atomic E-state index is -0.339. The number of pyridine rings is 1. The van der Waals surface area contributed by atoms with E-state index in [4.69, 9.17) is 20.8 Å². The van der Waals surface area contributed by atoms with Gasteiger partial charge in [-0.2, -0.15) is 0 Å². The van der Waals surface area contributed by atoms with Gasteiger partial charge in [-0.1, -0.05) is 11.6 Å². The van der Waals surface area contributed by atoms with E-state index in [-0.39, 0.29) is 12.4 Å². The smallest absolute Gasteiger partial charge is 0.312 e. The molecule has 0 radical (unpaired) electrons. The quantitative estimate of drug-likeness (QED) is 0.414. The summed E-state index contributed by atoms with van der Waals surface area (Å²) in [7, 11) is 0. The zero-order chi connectivity index (χ0) is 18.1. The van der Waals surface area contributed by atoms with Crippen molar-refractivity contribution in [1.29, 1.82) is 0 Å². The van der Waals surface area contributed by atoms with Crippen LogP contribution in [0.15, 0.2) is 40.9 Å². The second-order valence-corrected chi connectivity index (χ2v) is 8.18. The molecule has 0 aliphatic carbocycles. The van der Waals surface area contributed by atoms with Crippen LogP contribution in [-0.2, 0) is 16.0 Å². The van der Waals surface area contributed by atoms with Crippen LogP contribution in [0, 0.1) is 0 Å². The highest BCUT2D eigenvalue weighted by molar-refractivity contribution is 7.22. The van der Waals surface area contributed by atoms with Crippen molar-refractivity contribution in [2.45, 2.75) is 13.3 Å². The van der Waals surface area contributed by atoms with E-state index in [9.17, 15) is 4.79 Å². The number of rotatable bonds is 5. The second kappa shape index (κ2) is 7.19. The average Bonchev–Trinajstić information content (AvgIpc) is 3.32. The first kappa shape index (κ1) is 17.2. The van der Waals surface area contributed by atoms with Crippen molar-refractivity contribution >= 4 is 50.5 Å². The lowest BCUT2D eigenvalue weighted by Gasteiger charge is -2.00. The Morgan fingerprint density at radius 1 is 1.27 bits per heavy atom. The van der Waals surface area contributed by atoms with Gasteiger partial charge in [-0.15, -0.1) is 22.7 Å². The fourth-order valence-corrected chi connectivity index (χ4v) is 4.52. The third kappa shape index (κ3) is 3.38. The fourth-order valence-electron chi connectivity index (χ4n) is 2.53. The summed E-state index contributed by atoms with van der Waals surface area (Å²) in [4.78, 5) is 22.5. The van der Waals surface area contributed by atoms with Crippen LogP contribution in [0.2, 0.25) is 4.34 Å². The number of nitrogens with zero attached hydrogens (tertiary/aromatic N) is 2. The maximum Gasteiger partial charge on any atom is 0.312 e. The lowest BCUT2D eigenvalue weighted by Crippen LogP contribution is -2.08. The van der Waals surface area contributed by atoms with Crippen molar-refractivity contribution < 1.29 is 13.9 Å². The molecule has 26 heavy (non-hydrogen) atoms. The number of oxazole rings is 1. The first-order valence-electron chi connectivity index (χ1n) is 7.90. The van der Waals surface area contributed by atoms with Crippen LogP contribution in [0.25, 0.3) is 31.6 Å². The van der Waals surface area contributed by atoms with E-state index in [1.807, 2.05) is 24.3 Å². The van der Waals surface area contributed by atoms with E-state index >= 15 is 0 Å². The van der Waals surface area contributed by atoms with Crippen LogP contribution in [0.5, 0.6) is 0 Å². The summed E-state index contributed by atoms with van der Waals surface area (Å²) in [5.41, 5.74) is 1.43. The number of halogens is 1. The van der Waals surface area contributed by atoms with Crippen LogP contribution in [0.1, 0.15) is 12.6 Å². The minimum absolute atomic E-state index is 0.0470. The molecule has 0 N–H and O–H groups in total. The predicted octanol–water partition coefficient (Wildman–Crippen LogP) is 5.44. The van der Waals surface area contributed by atoms with E-state index in [1.54, 1.807) is 30.5 Å². The van der Waals surface area contributed by atoms with E-state index in [1.165, 1.54) is 11.3 Å². The van der Waals surface area contributed by atoms with Gasteiger partial charge in [-0.25, -0.2) is 4.98 Å². The molecule has 0 unspecified atom stereocenters. The summed E-state index contributed by atoms with van der Waals surface area (Å²) in [6, 6.07) is 9.48. The molecule has 4 rings (SSSR count). The highest BCUT2D eigenvalue weighted by Gasteiger charge is 2.22. The molecule has 0 saturated carbocycles. The number of hydrogen-bond acceptors (Lipinski definition) is 7. The van der Waals surface area contributed by atoms with Crippen molar-refractivity contribution in [3.05, 3.63) is 46.6 Å². The summed E-state index contributed by atoms with van der Waals surface area (Å²) < 4.78 is 12.8. The van der Waals surface area contributed by atoms with Crippen LogP contribution >= 0.6 is 34.3 Å². The van der Waals surface area contributed by atoms with E-state index < -0.39 is 0 Å². The van der Waals surface area contributed by atoms with E-state index in [0.717, 1.165) is 20.0 Å². The van der Waals surface area contributed by atoms with E-state index in [0.29, 0.717) is 28.3 Å². The van der Waals surface area contributed by atoms with Gasteiger partial charge < -0.3 is 9.15 Å². The lowest BCUT2D eigenvalue weighted by molar-refractivity contribution is -0.142. The fraction of sp³-hybridized carbons (Fsp3) is 0.167. The molecule has 4 heterocycles. The summed E-state index contributed by atoms with van der Waals surface area (Å²) in [5.74, 6) is 0.677. The Morgan fingerprint density at radius 3 is 2.88 bits per heavy atom. The molecular weight excluding hydrogens is 392 g/mol. The monoisotopic (exact) mass is 404 g/mol. The first-order chi connectivity index (χ1) is 12.6. The van der Waals surface area contributed by atoms with Gasteiger partial charge in [0.2, 0.25) is 5.89 Å². The molecule has 4 aromatic rings. The van der Waals surface area contributed by atoms with Crippen molar-refractivity contribution in [1.82, 2.24) is 9.97 Å². The van der Waals surface area contributed by atoms with Gasteiger partial charge in [-0.05, 0) is 37.3 Å². The second-order valence-electron chi connectivity index (χ2n) is 5.38. The van der Waals surface area contributed by atoms with Crippen LogP contribution in [0.3, 0.4) is 0 Å². The predicted molar refractivity (Wildman–Crippen MR) is 104 cm³/mol. The van der Waals surface area contributed by atoms with Crippen molar-refractivity contribution in [3.8, 4) is 21.4 Å². The number of ether oxygens (including phenoxy) is 1. The Bertz CT molecular complexity index is 1050. The molecule has 0 spiro atoms. The SMILES string of the molecule is CCOC(=O)Cc1nc(-c2cc3ncccc3s2)oc1-c1ccc(Cl)s1. The Morgan fingerprint density at radius 2 is 2.15 bits per heavy atom. The first-order valence-corrected chi connectivity index (χ1v) is 9.91. The van der Waals surface area contributed by atoms with Gasteiger partial charge in [0.05, 0.1) is 43.0 Å². The van der Waals surface area contributed by atoms with Gasteiger partial charge in [0.1, 0.15) is 0 Å². The highest BCUT2D eigenvalue weighted by Crippen LogP contribution is 2.38. The molecule has 0 fully saturated rings. The standard InChI is InChI=1S/C18H13ClN2O3S2/c1-2-23-16(22)9-11-17(13-5-6-15(19)26-13)24-18(21-11)14-8-10-12(25-14)4-3-7-20-10/h3-8H,2,9H2,1H3. The molecule has 4 aromatic heterocycles. The molecule has 8 heteroatoms. The van der Waals surface area contributed by atoms with Crippen molar-refractivity contribution in [2.24, 2.45) is 0 Å². The lowest BCUT2D eigenvalue weighted by atomic mass is 10.2. The number of esters is 1. The zero-order valence-corrected chi connectivity index (χ0v) is 16.1. The van der Waals surface area contributed by atoms with Gasteiger partial charge >= 0.3 is 5.97 Å². The normalized spacial score (nSPS) is 11.2. The molecule has 0 amide bonds. The minimum Gasteiger partial charge on any atom is -0.466 e. The van der Waals surface area contributed by atoms with Gasteiger partial charge in [0.15, 0.2) is 5.76 Å². The largest absolute Gasteiger partial charge is 0.466 e. The molecule has 0 bridgehead atoms. The number of hydrogen-bond donors (Lipinski definition) is 0. The van der Waals surface area contributed by atoms with Gasteiger partial charge in [0, 0.05) is 6.20 Å². The van der Waals surface area contributed by atoms with Gasteiger partial charge in [0.25, 0.3) is 0 Å². The molecule has 0 saturated heterocycles. The topological polar surface area (TPSA) is 65.2 Å². The average molecular weight is 405 g/mol. The maximum absolute atomic E-state index is 12.0. The Labute approximate surface area is 162 Å². The number of thiophene rings is 2. The number of fused-ring (bicyclic) bond motifs is 1. The summed E-state index contributed by atoms with van der Waals surface area (Å²) in [5, 5.41) is 0. The summed E-state index contributed by atoms with van der Waals surface area (Å²) in [6.07, 6.45) is 1.80. The maximum atomic E-state index is 12.0. The Kier molecular flexibility index (Phi) is 4.76. The zero-order valence-electron chi connectivity index (χ0n) is 13.7. The Balaban J connectivity index is 1.78. The molecule has 0 aliphatic rings. The molecular formula is C18H13ClN2O3S2. The van der Waals surface area contributed by atoms with Crippen LogP contribution in [-0.4, -0.2) is 22.5 Å². The number of carbonyl (C=O) groups excluding carboxylic acids is 1. The summed E-state index contributed by atoms with van der Waals surface area (Å²) >= 11 is 8.98. The third-order valence-electron chi connectivity index (χ3n) is 3.61. The molecule has 0 aliphatic heterocycles. The summed E-state index contributed by atoms with van der Waals surface area (Å²) in [6.45, 7) is 2.10. The van der Waals surface area contributed by atoms with E-state index in [2.05, 4.69) is 9.97 Å². The molecule has 132 valence electrons. The number of carbonyl (C=O) groups is 1. The molecule has 0 aromatic carbocycles. The Hall–Kier alpha value is -2.22. The molecule has 5 nitrogen and oxygen atoms in total. The highest BCUT2D eigenvalue weighted by atomic mass is 35.5. The van der Waals surface area contributed by atoms with Crippen molar-refractivity contribution in [2.75, 3.05) is 6.61 Å². The van der Waals surface area contributed by atoms with Crippen molar-refractivity contribution in [3.63, 3.8) is 0 Å².